The Labute approximate surface area is 105 Å². The van der Waals surface area contributed by atoms with E-state index in [4.69, 9.17) is 3.79 Å². The van der Waals surface area contributed by atoms with Gasteiger partial charge < -0.3 is 3.79 Å². The summed E-state index contributed by atoms with van der Waals surface area (Å²) in [5.74, 6) is 0.981. The number of rotatable bonds is 3. The third-order valence-electron chi connectivity index (χ3n) is 2.91. The Morgan fingerprint density at radius 3 is 2.75 bits per heavy atom. The van der Waals surface area contributed by atoms with Crippen LogP contribution >= 0.6 is 0 Å². The van der Waals surface area contributed by atoms with Crippen molar-refractivity contribution >= 4 is 22.3 Å². The quantitative estimate of drug-likeness (QED) is 0.746. The standard InChI is InChI=1S/C12H16N2O.Al.H/c1-4-9-8-12(2,3)11(10(9)15)14-7-5-6-13-14;;/h5-8,15H,4H2,1-3H3;;/q;+1;/p-1. The Bertz CT molecular complexity index is 444. The van der Waals surface area contributed by atoms with Crippen molar-refractivity contribution in [3.05, 3.63) is 35.9 Å². The molecule has 0 saturated carbocycles. The van der Waals surface area contributed by atoms with E-state index >= 15 is 0 Å². The Balaban J connectivity index is 2.56. The number of allylic oxidation sites excluding steroid dienone is 3. The molecule has 16 heavy (non-hydrogen) atoms. The lowest BCUT2D eigenvalue weighted by Gasteiger charge is -2.21. The molecular formula is C12H16AlN2O. The van der Waals surface area contributed by atoms with E-state index in [1.807, 2.05) is 16.9 Å². The van der Waals surface area contributed by atoms with Crippen molar-refractivity contribution in [1.82, 2.24) is 9.78 Å². The molecule has 1 aromatic rings. The fourth-order valence-electron chi connectivity index (χ4n) is 2.24. The molecule has 0 unspecified atom stereocenters. The van der Waals surface area contributed by atoms with Gasteiger partial charge in [-0.25, -0.2) is 4.68 Å². The van der Waals surface area contributed by atoms with Crippen molar-refractivity contribution in [3.8, 4) is 0 Å². The Kier molecular flexibility index (Phi) is 2.96. The molecule has 1 heterocycles. The topological polar surface area (TPSA) is 27.1 Å². The van der Waals surface area contributed by atoms with E-state index in [2.05, 4.69) is 31.9 Å². The van der Waals surface area contributed by atoms with E-state index in [0.29, 0.717) is 0 Å². The molecule has 1 aliphatic rings. The SMILES string of the molecule is CCC1=CC(C)(C)C(n2cccn2)=C1[O][AlH]. The fourth-order valence-corrected chi connectivity index (χ4v) is 2.56. The van der Waals surface area contributed by atoms with Crippen molar-refractivity contribution < 1.29 is 3.79 Å². The minimum Gasteiger partial charge on any atom is -0.649 e. The lowest BCUT2D eigenvalue weighted by molar-refractivity contribution is 0.471. The molecule has 83 valence electrons. The van der Waals surface area contributed by atoms with Crippen molar-refractivity contribution in [2.45, 2.75) is 27.2 Å². The highest BCUT2D eigenvalue weighted by Crippen LogP contribution is 2.44. The zero-order valence-electron chi connectivity index (χ0n) is 10.0. The third-order valence-corrected chi connectivity index (χ3v) is 3.20. The van der Waals surface area contributed by atoms with Crippen LogP contribution in [0.1, 0.15) is 27.2 Å². The monoisotopic (exact) mass is 231 g/mol. The molecule has 1 radical (unpaired) electrons. The zero-order chi connectivity index (χ0) is 11.8. The van der Waals surface area contributed by atoms with Crippen molar-refractivity contribution in [2.75, 3.05) is 0 Å². The van der Waals surface area contributed by atoms with Crippen LogP contribution in [0, 0.1) is 5.41 Å². The van der Waals surface area contributed by atoms with E-state index in [0.717, 1.165) is 17.9 Å². The third kappa shape index (κ3) is 1.73. The van der Waals surface area contributed by atoms with Gasteiger partial charge in [-0.2, -0.15) is 5.10 Å². The van der Waals surface area contributed by atoms with Gasteiger partial charge in [-0.15, -0.1) is 0 Å². The van der Waals surface area contributed by atoms with E-state index in [1.54, 1.807) is 6.20 Å². The summed E-state index contributed by atoms with van der Waals surface area (Å²) in [5.41, 5.74) is 2.38. The van der Waals surface area contributed by atoms with Gasteiger partial charge in [-0.1, -0.05) is 26.8 Å². The molecule has 0 aromatic carbocycles. The molecule has 3 nitrogen and oxygen atoms in total. The first kappa shape index (κ1) is 11.5. The highest BCUT2D eigenvalue weighted by atomic mass is 27.1. The molecule has 1 aromatic heterocycles. The van der Waals surface area contributed by atoms with E-state index < -0.39 is 0 Å². The maximum absolute atomic E-state index is 5.56. The van der Waals surface area contributed by atoms with Gasteiger partial charge >= 0.3 is 16.6 Å². The average molecular weight is 231 g/mol. The summed E-state index contributed by atoms with van der Waals surface area (Å²) in [6.07, 6.45) is 7.02. The van der Waals surface area contributed by atoms with Crippen LogP contribution in [-0.2, 0) is 3.79 Å². The van der Waals surface area contributed by atoms with Crippen LogP contribution in [0.4, 0.5) is 0 Å². The Morgan fingerprint density at radius 1 is 1.50 bits per heavy atom. The van der Waals surface area contributed by atoms with Crippen LogP contribution in [0.25, 0.3) is 5.70 Å². The van der Waals surface area contributed by atoms with E-state index in [1.165, 1.54) is 22.2 Å². The van der Waals surface area contributed by atoms with Gasteiger partial charge in [-0.05, 0) is 18.1 Å². The van der Waals surface area contributed by atoms with Gasteiger partial charge in [0.25, 0.3) is 0 Å². The van der Waals surface area contributed by atoms with Gasteiger partial charge in [0, 0.05) is 17.8 Å². The molecule has 0 saturated heterocycles. The molecule has 2 rings (SSSR count). The highest BCUT2D eigenvalue weighted by molar-refractivity contribution is 5.99. The van der Waals surface area contributed by atoms with Gasteiger partial charge in [0.15, 0.2) is 0 Å². The second-order valence-corrected chi connectivity index (χ2v) is 4.81. The second-order valence-electron chi connectivity index (χ2n) is 4.52. The molecule has 0 bridgehead atoms. The lowest BCUT2D eigenvalue weighted by Crippen LogP contribution is -2.15. The molecule has 0 amide bonds. The number of hydrogen-bond donors (Lipinski definition) is 0. The largest absolute Gasteiger partial charge is 0.649 e. The minimum absolute atomic E-state index is 0.0206. The number of aromatic nitrogens is 2. The normalized spacial score (nSPS) is 18.8. The van der Waals surface area contributed by atoms with Gasteiger partial charge in [0.2, 0.25) is 0 Å². The summed E-state index contributed by atoms with van der Waals surface area (Å²) >= 11 is 1.52. The van der Waals surface area contributed by atoms with Crippen LogP contribution < -0.4 is 0 Å². The van der Waals surface area contributed by atoms with Crippen LogP contribution in [0.15, 0.2) is 35.9 Å². The molecule has 0 spiro atoms. The van der Waals surface area contributed by atoms with Crippen molar-refractivity contribution in [1.29, 1.82) is 0 Å². The zero-order valence-corrected chi connectivity index (χ0v) is 11.4. The van der Waals surface area contributed by atoms with E-state index in [-0.39, 0.29) is 5.41 Å². The molecule has 0 atom stereocenters. The van der Waals surface area contributed by atoms with Crippen LogP contribution in [0.2, 0.25) is 0 Å². The summed E-state index contributed by atoms with van der Waals surface area (Å²) in [5, 5.41) is 4.31. The van der Waals surface area contributed by atoms with Crippen molar-refractivity contribution in [3.63, 3.8) is 0 Å². The van der Waals surface area contributed by atoms with Gasteiger partial charge in [0.05, 0.1) is 5.70 Å². The Hall–Kier alpha value is -0.978. The van der Waals surface area contributed by atoms with Gasteiger partial charge in [0.1, 0.15) is 5.76 Å². The summed E-state index contributed by atoms with van der Waals surface area (Å²) in [4.78, 5) is 0. The lowest BCUT2D eigenvalue weighted by atomic mass is 9.92. The molecule has 0 N–H and O–H groups in total. The predicted octanol–water partition coefficient (Wildman–Crippen LogP) is 2.26. The first-order valence-corrected chi connectivity index (χ1v) is 6.06. The molecular weight excluding hydrogens is 215 g/mol. The smallest absolute Gasteiger partial charge is 0.494 e. The fraction of sp³-hybridized carbons (Fsp3) is 0.417. The molecule has 0 aliphatic heterocycles. The average Bonchev–Trinajstić information content (AvgIpc) is 2.82. The highest BCUT2D eigenvalue weighted by Gasteiger charge is 2.33. The van der Waals surface area contributed by atoms with E-state index in [9.17, 15) is 0 Å². The first-order valence-electron chi connectivity index (χ1n) is 5.49. The van der Waals surface area contributed by atoms with Crippen LogP contribution in [-0.4, -0.2) is 26.4 Å². The predicted molar refractivity (Wildman–Crippen MR) is 65.8 cm³/mol. The maximum atomic E-state index is 5.56. The van der Waals surface area contributed by atoms with Gasteiger partial charge in [-0.3, -0.25) is 0 Å². The summed E-state index contributed by atoms with van der Waals surface area (Å²) in [6, 6.07) is 1.93. The molecule has 0 fully saturated rings. The first-order chi connectivity index (χ1) is 7.60. The number of nitrogens with zero attached hydrogens (tertiary/aromatic N) is 2. The van der Waals surface area contributed by atoms with Crippen LogP contribution in [0.3, 0.4) is 0 Å². The maximum Gasteiger partial charge on any atom is 0.494 e. The summed E-state index contributed by atoms with van der Waals surface area (Å²) in [7, 11) is 0. The molecule has 4 heteroatoms. The minimum atomic E-state index is -0.0206. The molecule has 1 aliphatic carbocycles. The van der Waals surface area contributed by atoms with Crippen molar-refractivity contribution in [2.24, 2.45) is 5.41 Å². The summed E-state index contributed by atoms with van der Waals surface area (Å²) < 4.78 is 7.47. The Morgan fingerprint density at radius 2 is 2.25 bits per heavy atom. The van der Waals surface area contributed by atoms with Crippen LogP contribution in [0.5, 0.6) is 0 Å². The number of hydrogen-bond acceptors (Lipinski definition) is 2. The second kappa shape index (κ2) is 4.12. The summed E-state index contributed by atoms with van der Waals surface area (Å²) in [6.45, 7) is 6.53.